The van der Waals surface area contributed by atoms with E-state index in [-0.39, 0.29) is 18.1 Å². The monoisotopic (exact) mass is 443 g/mol. The van der Waals surface area contributed by atoms with Crippen LogP contribution in [0.15, 0.2) is 61.2 Å². The lowest BCUT2D eigenvalue weighted by atomic mass is 10.00. The Morgan fingerprint density at radius 1 is 1.03 bits per heavy atom. The van der Waals surface area contributed by atoms with Gasteiger partial charge in [0.05, 0.1) is 11.7 Å². The maximum atomic E-state index is 13.2. The molecular formula is C24H25N7O2. The number of amides is 1. The summed E-state index contributed by atoms with van der Waals surface area (Å²) in [6.45, 7) is 5.79. The fourth-order valence-corrected chi connectivity index (χ4v) is 3.41. The summed E-state index contributed by atoms with van der Waals surface area (Å²) in [6, 6.07) is 13.4. The Morgan fingerprint density at radius 2 is 1.76 bits per heavy atom. The van der Waals surface area contributed by atoms with Crippen LogP contribution in [0.4, 0.5) is 0 Å². The maximum Gasteiger partial charge on any atom is 0.251 e. The van der Waals surface area contributed by atoms with Gasteiger partial charge in [0.1, 0.15) is 12.4 Å². The first-order valence-corrected chi connectivity index (χ1v) is 10.6. The van der Waals surface area contributed by atoms with Crippen LogP contribution in [-0.4, -0.2) is 43.2 Å². The highest BCUT2D eigenvalue weighted by molar-refractivity contribution is 5.96. The van der Waals surface area contributed by atoms with Gasteiger partial charge in [-0.1, -0.05) is 29.8 Å². The summed E-state index contributed by atoms with van der Waals surface area (Å²) < 4.78 is 7.00. The summed E-state index contributed by atoms with van der Waals surface area (Å²) in [6.07, 6.45) is 4.51. The number of benzene rings is 2. The van der Waals surface area contributed by atoms with Crippen LogP contribution in [0.25, 0.3) is 16.8 Å². The van der Waals surface area contributed by atoms with E-state index in [1.165, 1.54) is 6.33 Å². The van der Waals surface area contributed by atoms with Crippen molar-refractivity contribution in [2.45, 2.75) is 32.9 Å². The van der Waals surface area contributed by atoms with Gasteiger partial charge in [-0.15, -0.1) is 5.10 Å². The van der Waals surface area contributed by atoms with Crippen molar-refractivity contribution < 1.29 is 9.53 Å². The van der Waals surface area contributed by atoms with E-state index in [4.69, 9.17) is 4.74 Å². The lowest BCUT2D eigenvalue weighted by Crippen LogP contribution is -2.27. The van der Waals surface area contributed by atoms with E-state index < -0.39 is 0 Å². The number of hydrogen-bond acceptors (Lipinski definition) is 7. The molecule has 2 atom stereocenters. The van der Waals surface area contributed by atoms with Gasteiger partial charge in [-0.05, 0) is 60.5 Å². The molecule has 9 heteroatoms. The van der Waals surface area contributed by atoms with E-state index in [0.29, 0.717) is 17.1 Å². The molecule has 0 spiro atoms. The van der Waals surface area contributed by atoms with Crippen molar-refractivity contribution in [1.82, 2.24) is 35.5 Å². The Kier molecular flexibility index (Phi) is 6.50. The number of rotatable bonds is 7. The topological polar surface area (TPSA) is 108 Å². The quantitative estimate of drug-likeness (QED) is 0.465. The minimum Gasteiger partial charge on any atom is -0.374 e. The van der Waals surface area contributed by atoms with Gasteiger partial charge in [0, 0.05) is 30.6 Å². The molecule has 2 aromatic carbocycles. The van der Waals surface area contributed by atoms with Crippen molar-refractivity contribution in [3.63, 3.8) is 0 Å². The molecule has 4 aromatic rings. The molecule has 0 radical (unpaired) electrons. The molecule has 0 aliphatic heterocycles. The number of tetrazole rings is 1. The molecule has 2 heterocycles. The smallest absolute Gasteiger partial charge is 0.251 e. The molecule has 1 N–H and O–H groups in total. The summed E-state index contributed by atoms with van der Waals surface area (Å²) in [5, 5.41) is 15.1. The Labute approximate surface area is 191 Å². The number of carbonyl (C=O) groups is 1. The highest BCUT2D eigenvalue weighted by atomic mass is 16.5. The van der Waals surface area contributed by atoms with Crippen LogP contribution in [0, 0.1) is 6.92 Å². The SMILES string of the molecule is CO[C@@H](C)c1nnnn1-c1cc(C(=O)NC(C)c2cncnc2)cc(-c2ccc(C)cc2)c1. The van der Waals surface area contributed by atoms with Crippen molar-refractivity contribution in [2.75, 3.05) is 7.11 Å². The van der Waals surface area contributed by atoms with Crippen LogP contribution in [-0.2, 0) is 4.74 Å². The molecule has 0 bridgehead atoms. The van der Waals surface area contributed by atoms with Gasteiger partial charge in [-0.3, -0.25) is 4.79 Å². The molecule has 1 unspecified atom stereocenters. The predicted molar refractivity (Wildman–Crippen MR) is 123 cm³/mol. The number of nitrogens with zero attached hydrogens (tertiary/aromatic N) is 6. The maximum absolute atomic E-state index is 13.2. The van der Waals surface area contributed by atoms with Crippen LogP contribution in [0.3, 0.4) is 0 Å². The molecule has 2 aromatic heterocycles. The first-order chi connectivity index (χ1) is 16.0. The minimum atomic E-state index is -0.321. The Bertz CT molecular complexity index is 1240. The van der Waals surface area contributed by atoms with Crippen molar-refractivity contribution in [1.29, 1.82) is 0 Å². The van der Waals surface area contributed by atoms with Gasteiger partial charge >= 0.3 is 0 Å². The van der Waals surface area contributed by atoms with Crippen molar-refractivity contribution in [2.24, 2.45) is 0 Å². The fraction of sp³-hybridized carbons (Fsp3) is 0.250. The Balaban J connectivity index is 1.75. The third kappa shape index (κ3) is 4.93. The highest BCUT2D eigenvalue weighted by Gasteiger charge is 2.19. The number of nitrogens with one attached hydrogen (secondary N) is 1. The zero-order valence-electron chi connectivity index (χ0n) is 18.9. The molecular weight excluding hydrogens is 418 g/mol. The number of aromatic nitrogens is 6. The van der Waals surface area contributed by atoms with E-state index in [0.717, 1.165) is 22.3 Å². The molecule has 1 amide bonds. The second-order valence-corrected chi connectivity index (χ2v) is 7.83. The number of aryl methyl sites for hydroxylation is 1. The van der Waals surface area contributed by atoms with E-state index >= 15 is 0 Å². The second-order valence-electron chi connectivity index (χ2n) is 7.83. The van der Waals surface area contributed by atoms with Crippen molar-refractivity contribution in [3.05, 3.63) is 83.7 Å². The molecule has 0 aliphatic carbocycles. The van der Waals surface area contributed by atoms with Crippen LogP contribution < -0.4 is 5.32 Å². The predicted octanol–water partition coefficient (Wildman–Crippen LogP) is 3.63. The van der Waals surface area contributed by atoms with Crippen molar-refractivity contribution in [3.8, 4) is 16.8 Å². The minimum absolute atomic E-state index is 0.226. The van der Waals surface area contributed by atoms with E-state index in [2.05, 4.69) is 30.8 Å². The zero-order valence-corrected chi connectivity index (χ0v) is 18.9. The van der Waals surface area contributed by atoms with Crippen LogP contribution in [0.1, 0.15) is 53.3 Å². The first kappa shape index (κ1) is 22.2. The van der Waals surface area contributed by atoms with Gasteiger partial charge in [0.2, 0.25) is 0 Å². The summed E-state index contributed by atoms with van der Waals surface area (Å²) in [4.78, 5) is 21.3. The van der Waals surface area contributed by atoms with Gasteiger partial charge < -0.3 is 10.1 Å². The third-order valence-electron chi connectivity index (χ3n) is 5.45. The summed E-state index contributed by atoms with van der Waals surface area (Å²) in [5.41, 5.74) is 4.98. The number of carbonyl (C=O) groups excluding carboxylic acids is 1. The molecule has 0 aliphatic rings. The van der Waals surface area contributed by atoms with Gasteiger partial charge in [-0.25, -0.2) is 9.97 Å². The number of ether oxygens (including phenoxy) is 1. The normalized spacial score (nSPS) is 12.8. The lowest BCUT2D eigenvalue weighted by Gasteiger charge is -2.16. The van der Waals surface area contributed by atoms with Crippen molar-refractivity contribution >= 4 is 5.91 Å². The second kappa shape index (κ2) is 9.66. The first-order valence-electron chi connectivity index (χ1n) is 10.6. The molecule has 0 saturated heterocycles. The molecule has 33 heavy (non-hydrogen) atoms. The molecule has 0 fully saturated rings. The Hall–Kier alpha value is -3.98. The van der Waals surface area contributed by atoms with Gasteiger partial charge in [0.15, 0.2) is 5.82 Å². The highest BCUT2D eigenvalue weighted by Crippen LogP contribution is 2.26. The lowest BCUT2D eigenvalue weighted by molar-refractivity contribution is 0.0939. The zero-order chi connectivity index (χ0) is 23.4. The van der Waals surface area contributed by atoms with Gasteiger partial charge in [0.25, 0.3) is 5.91 Å². The molecule has 168 valence electrons. The molecule has 0 saturated carbocycles. The summed E-state index contributed by atoms with van der Waals surface area (Å²) in [7, 11) is 1.60. The number of methoxy groups -OCH3 is 1. The average molecular weight is 444 g/mol. The van der Waals surface area contributed by atoms with E-state index in [1.807, 2.05) is 57.2 Å². The fourth-order valence-electron chi connectivity index (χ4n) is 3.41. The van der Waals surface area contributed by atoms with Crippen LogP contribution in [0.5, 0.6) is 0 Å². The van der Waals surface area contributed by atoms with E-state index in [1.54, 1.807) is 30.3 Å². The standard InChI is InChI=1S/C24H25N7O2/c1-15-5-7-18(8-6-15)19-9-20(24(32)27-16(2)21-12-25-14-26-13-21)11-22(10-19)31-23(17(3)33-4)28-29-30-31/h5-14,16-17H,1-4H3,(H,27,32)/t16?,17-/m0/s1. The summed E-state index contributed by atoms with van der Waals surface area (Å²) >= 11 is 0. The average Bonchev–Trinajstić information content (AvgIpc) is 3.34. The van der Waals surface area contributed by atoms with Crippen LogP contribution >= 0.6 is 0 Å². The molecule has 4 rings (SSSR count). The Morgan fingerprint density at radius 3 is 2.45 bits per heavy atom. The largest absolute Gasteiger partial charge is 0.374 e. The molecule has 9 nitrogen and oxygen atoms in total. The van der Waals surface area contributed by atoms with Crippen LogP contribution in [0.2, 0.25) is 0 Å². The van der Waals surface area contributed by atoms with Gasteiger partial charge in [-0.2, -0.15) is 4.68 Å². The summed E-state index contributed by atoms with van der Waals surface area (Å²) in [5.74, 6) is 0.315. The van der Waals surface area contributed by atoms with E-state index in [9.17, 15) is 4.79 Å². The number of hydrogen-bond donors (Lipinski definition) is 1. The third-order valence-corrected chi connectivity index (χ3v) is 5.45.